The van der Waals surface area contributed by atoms with E-state index in [1.54, 1.807) is 7.05 Å². The zero-order valence-electron chi connectivity index (χ0n) is 10.1. The van der Waals surface area contributed by atoms with Gasteiger partial charge in [-0.2, -0.15) is 0 Å². The van der Waals surface area contributed by atoms with Crippen LogP contribution in [0.5, 0.6) is 0 Å². The zero-order valence-corrected chi connectivity index (χ0v) is 10.9. The van der Waals surface area contributed by atoms with Crippen molar-refractivity contribution in [2.24, 2.45) is 0 Å². The van der Waals surface area contributed by atoms with Crippen molar-refractivity contribution < 1.29 is 13.5 Å². The van der Waals surface area contributed by atoms with Crippen molar-refractivity contribution in [3.63, 3.8) is 0 Å². The van der Waals surface area contributed by atoms with Gasteiger partial charge in [0.2, 0.25) is 10.0 Å². The molecule has 0 atom stereocenters. The number of aliphatic hydroxyl groups excluding tert-OH is 1. The third kappa shape index (κ3) is 3.71. The van der Waals surface area contributed by atoms with Gasteiger partial charge in [-0.3, -0.25) is 0 Å². The summed E-state index contributed by atoms with van der Waals surface area (Å²) in [5, 5.41) is 8.49. The second kappa shape index (κ2) is 6.57. The van der Waals surface area contributed by atoms with E-state index in [-0.39, 0.29) is 11.9 Å². The van der Waals surface area contributed by atoms with E-state index in [1.807, 2.05) is 0 Å². The summed E-state index contributed by atoms with van der Waals surface area (Å²) < 4.78 is 25.6. The van der Waals surface area contributed by atoms with Crippen molar-refractivity contribution in [1.29, 1.82) is 0 Å². The highest BCUT2D eigenvalue weighted by Gasteiger charge is 2.31. The molecular weight excluding hydrogens is 226 g/mol. The van der Waals surface area contributed by atoms with Crippen molar-refractivity contribution >= 4 is 10.0 Å². The van der Waals surface area contributed by atoms with Crippen molar-refractivity contribution in [3.05, 3.63) is 0 Å². The molecule has 0 spiro atoms. The Balaban J connectivity index is 2.36. The number of sulfonamides is 1. The Labute approximate surface area is 98.7 Å². The maximum atomic E-state index is 12.1. The summed E-state index contributed by atoms with van der Waals surface area (Å²) >= 11 is 0. The fraction of sp³-hybridized carbons (Fsp3) is 1.00. The van der Waals surface area contributed by atoms with Gasteiger partial charge in [-0.05, 0) is 32.1 Å². The van der Waals surface area contributed by atoms with Crippen LogP contribution in [0.4, 0.5) is 0 Å². The lowest BCUT2D eigenvalue weighted by molar-refractivity contribution is 0.281. The van der Waals surface area contributed by atoms with Gasteiger partial charge in [0, 0.05) is 20.2 Å². The Kier molecular flexibility index (Phi) is 5.72. The van der Waals surface area contributed by atoms with Crippen LogP contribution in [-0.2, 0) is 10.0 Å². The normalized spacial score (nSPS) is 18.4. The van der Waals surface area contributed by atoms with E-state index in [0.29, 0.717) is 6.54 Å². The highest BCUT2D eigenvalue weighted by Crippen LogP contribution is 2.26. The first-order valence-electron chi connectivity index (χ1n) is 6.15. The summed E-state index contributed by atoms with van der Waals surface area (Å²) in [6.07, 6.45) is 6.22. The molecule has 0 amide bonds. The summed E-state index contributed by atoms with van der Waals surface area (Å²) in [6.45, 7) is 0.776. The van der Waals surface area contributed by atoms with Crippen LogP contribution in [0.2, 0.25) is 0 Å². The van der Waals surface area contributed by atoms with Crippen LogP contribution in [0, 0.1) is 0 Å². The minimum absolute atomic E-state index is 0.143. The molecule has 1 aliphatic rings. The van der Waals surface area contributed by atoms with Crippen molar-refractivity contribution in [3.8, 4) is 0 Å². The molecule has 5 heteroatoms. The molecule has 0 radical (unpaired) electrons. The molecule has 0 aliphatic heterocycles. The SMILES string of the molecule is CN(CCCCCO)S(=O)(=O)C1CCCC1. The number of rotatable bonds is 7. The fourth-order valence-electron chi connectivity index (χ4n) is 2.19. The number of hydrogen-bond donors (Lipinski definition) is 1. The number of unbranched alkanes of at least 4 members (excludes halogenated alkanes) is 2. The standard InChI is InChI=1S/C11H23NO3S/c1-12(9-5-2-6-10-13)16(14,15)11-7-3-4-8-11/h11,13H,2-10H2,1H3. The van der Waals surface area contributed by atoms with E-state index in [2.05, 4.69) is 0 Å². The van der Waals surface area contributed by atoms with Gasteiger partial charge in [0.15, 0.2) is 0 Å². The molecular formula is C11H23NO3S. The summed E-state index contributed by atoms with van der Waals surface area (Å²) in [7, 11) is -1.38. The van der Waals surface area contributed by atoms with Gasteiger partial charge < -0.3 is 5.11 Å². The molecule has 1 saturated carbocycles. The van der Waals surface area contributed by atoms with Crippen molar-refractivity contribution in [2.45, 2.75) is 50.2 Å². The molecule has 0 aromatic heterocycles. The summed E-state index contributed by atoms with van der Waals surface area (Å²) in [4.78, 5) is 0. The van der Waals surface area contributed by atoms with Crippen LogP contribution in [0.3, 0.4) is 0 Å². The van der Waals surface area contributed by atoms with E-state index in [0.717, 1.165) is 44.9 Å². The average Bonchev–Trinajstić information content (AvgIpc) is 2.77. The topological polar surface area (TPSA) is 57.6 Å². The zero-order chi connectivity index (χ0) is 12.0. The van der Waals surface area contributed by atoms with Gasteiger partial charge >= 0.3 is 0 Å². The maximum absolute atomic E-state index is 12.1. The first kappa shape index (κ1) is 13.9. The number of aliphatic hydroxyl groups is 1. The Morgan fingerprint density at radius 3 is 2.38 bits per heavy atom. The quantitative estimate of drug-likeness (QED) is 0.693. The largest absolute Gasteiger partial charge is 0.396 e. The molecule has 1 N–H and O–H groups in total. The number of hydrogen-bond acceptors (Lipinski definition) is 3. The summed E-state index contributed by atoms with van der Waals surface area (Å²) in [5.41, 5.74) is 0. The van der Waals surface area contributed by atoms with E-state index in [9.17, 15) is 8.42 Å². The lowest BCUT2D eigenvalue weighted by Gasteiger charge is -2.21. The van der Waals surface area contributed by atoms with Crippen LogP contribution < -0.4 is 0 Å². The molecule has 96 valence electrons. The van der Waals surface area contributed by atoms with Crippen LogP contribution in [0.25, 0.3) is 0 Å². The highest BCUT2D eigenvalue weighted by atomic mass is 32.2. The van der Waals surface area contributed by atoms with Gasteiger partial charge in [0.25, 0.3) is 0 Å². The molecule has 1 aliphatic carbocycles. The van der Waals surface area contributed by atoms with Crippen LogP contribution >= 0.6 is 0 Å². The fourth-order valence-corrected chi connectivity index (χ4v) is 4.01. The predicted molar refractivity (Wildman–Crippen MR) is 64.7 cm³/mol. The third-order valence-corrected chi connectivity index (χ3v) is 5.65. The van der Waals surface area contributed by atoms with Crippen LogP contribution in [0.1, 0.15) is 44.9 Å². The second-order valence-electron chi connectivity index (χ2n) is 4.56. The van der Waals surface area contributed by atoms with Crippen molar-refractivity contribution in [1.82, 2.24) is 4.31 Å². The number of nitrogens with zero attached hydrogens (tertiary/aromatic N) is 1. The van der Waals surface area contributed by atoms with Gasteiger partial charge in [-0.1, -0.05) is 12.8 Å². The third-order valence-electron chi connectivity index (χ3n) is 3.29. The van der Waals surface area contributed by atoms with Gasteiger partial charge in [-0.15, -0.1) is 0 Å². The molecule has 16 heavy (non-hydrogen) atoms. The van der Waals surface area contributed by atoms with Crippen LogP contribution in [0.15, 0.2) is 0 Å². The molecule has 0 aromatic rings. The Bertz CT molecular complexity index is 284. The molecule has 0 aromatic carbocycles. The molecule has 0 bridgehead atoms. The molecule has 0 saturated heterocycles. The molecule has 1 fully saturated rings. The Hall–Kier alpha value is -0.130. The average molecular weight is 249 g/mol. The summed E-state index contributed by atoms with van der Waals surface area (Å²) in [6, 6.07) is 0. The van der Waals surface area contributed by atoms with Crippen molar-refractivity contribution in [2.75, 3.05) is 20.2 Å². The highest BCUT2D eigenvalue weighted by molar-refractivity contribution is 7.89. The van der Waals surface area contributed by atoms with Gasteiger partial charge in [0.1, 0.15) is 0 Å². The Morgan fingerprint density at radius 2 is 1.81 bits per heavy atom. The van der Waals surface area contributed by atoms with Gasteiger partial charge in [0.05, 0.1) is 5.25 Å². The van der Waals surface area contributed by atoms with Gasteiger partial charge in [-0.25, -0.2) is 12.7 Å². The minimum atomic E-state index is -3.06. The monoisotopic (exact) mass is 249 g/mol. The molecule has 0 unspecified atom stereocenters. The van der Waals surface area contributed by atoms with E-state index in [4.69, 9.17) is 5.11 Å². The molecule has 4 nitrogen and oxygen atoms in total. The predicted octanol–water partition coefficient (Wildman–Crippen LogP) is 1.35. The van der Waals surface area contributed by atoms with Crippen LogP contribution in [-0.4, -0.2) is 43.3 Å². The molecule has 1 rings (SSSR count). The van der Waals surface area contributed by atoms with E-state index in [1.165, 1.54) is 4.31 Å². The molecule has 0 heterocycles. The lowest BCUT2D eigenvalue weighted by Crippen LogP contribution is -2.35. The minimum Gasteiger partial charge on any atom is -0.396 e. The first-order chi connectivity index (χ1) is 7.59. The maximum Gasteiger partial charge on any atom is 0.216 e. The lowest BCUT2D eigenvalue weighted by atomic mass is 10.2. The Morgan fingerprint density at radius 1 is 1.19 bits per heavy atom. The second-order valence-corrected chi connectivity index (χ2v) is 6.88. The summed E-state index contributed by atoms with van der Waals surface area (Å²) in [5.74, 6) is 0. The van der Waals surface area contributed by atoms with E-state index >= 15 is 0 Å². The first-order valence-corrected chi connectivity index (χ1v) is 7.65. The van der Waals surface area contributed by atoms with E-state index < -0.39 is 10.0 Å². The smallest absolute Gasteiger partial charge is 0.216 e.